The molecule has 0 fully saturated rings. The second-order valence-corrected chi connectivity index (χ2v) is 4.56. The Morgan fingerprint density at radius 3 is 3.00 bits per heavy atom. The minimum atomic E-state index is -1.70. The van der Waals surface area contributed by atoms with Gasteiger partial charge in [-0.1, -0.05) is 5.73 Å². The molecule has 5 nitrogen and oxygen atoms in total. The normalized spacial score (nSPS) is 14.3. The van der Waals surface area contributed by atoms with Crippen LogP contribution in [-0.2, 0) is 6.54 Å². The summed E-state index contributed by atoms with van der Waals surface area (Å²) in [7, 11) is 0. The van der Waals surface area contributed by atoms with Gasteiger partial charge >= 0.3 is 6.03 Å². The average Bonchev–Trinajstić information content (AvgIpc) is 2.49. The molecule has 1 unspecified atom stereocenters. The van der Waals surface area contributed by atoms with Crippen LogP contribution in [0.2, 0.25) is 0 Å². The third-order valence-electron chi connectivity index (χ3n) is 2.71. The Hall–Kier alpha value is -2.47. The lowest BCUT2D eigenvalue weighted by molar-refractivity contribution is 0.162. The van der Waals surface area contributed by atoms with E-state index in [2.05, 4.69) is 21.3 Å². The van der Waals surface area contributed by atoms with Gasteiger partial charge in [-0.3, -0.25) is 0 Å². The van der Waals surface area contributed by atoms with Gasteiger partial charge in [-0.05, 0) is 11.6 Å². The van der Waals surface area contributed by atoms with E-state index in [0.29, 0.717) is 11.3 Å². The van der Waals surface area contributed by atoms with Crippen LogP contribution < -0.4 is 15.4 Å². The first kappa shape index (κ1) is 15.9. The smallest absolute Gasteiger partial charge is 0.319 e. The zero-order valence-corrected chi connectivity index (χ0v) is 11.5. The number of rotatable bonds is 7. The number of hydrogen-bond acceptors (Lipinski definition) is 3. The number of urea groups is 1. The molecule has 0 spiro atoms. The fourth-order valence-electron chi connectivity index (χ4n) is 1.60. The molecule has 0 bridgehead atoms. The van der Waals surface area contributed by atoms with Crippen LogP contribution in [0, 0.1) is 0 Å². The molecule has 118 valence electrons. The van der Waals surface area contributed by atoms with Gasteiger partial charge in [-0.25, -0.2) is 22.9 Å². The van der Waals surface area contributed by atoms with Crippen LogP contribution in [0.5, 0.6) is 5.88 Å². The summed E-state index contributed by atoms with van der Waals surface area (Å²) in [6.07, 6.45) is -0.197. The predicted octanol–water partition coefficient (Wildman–Crippen LogP) is 2.31. The van der Waals surface area contributed by atoms with E-state index in [1.165, 1.54) is 12.3 Å². The lowest BCUT2D eigenvalue weighted by Crippen LogP contribution is -2.35. The number of carbonyl (C=O) groups is 1. The van der Waals surface area contributed by atoms with Crippen LogP contribution in [-0.4, -0.2) is 30.5 Å². The Balaban J connectivity index is 1.80. The number of alkyl halides is 2. The molecular formula is C14H14F3N3O2. The molecule has 1 aromatic rings. The van der Waals surface area contributed by atoms with Gasteiger partial charge in [-0.15, -0.1) is 0 Å². The van der Waals surface area contributed by atoms with Gasteiger partial charge in [0.05, 0.1) is 12.1 Å². The highest BCUT2D eigenvalue weighted by atomic mass is 19.2. The van der Waals surface area contributed by atoms with Crippen LogP contribution in [0.15, 0.2) is 35.6 Å². The summed E-state index contributed by atoms with van der Waals surface area (Å²) >= 11 is 0. The molecule has 1 aliphatic carbocycles. The molecule has 0 saturated heterocycles. The number of pyridine rings is 1. The van der Waals surface area contributed by atoms with Crippen molar-refractivity contribution in [3.63, 3.8) is 0 Å². The standard InChI is InChI=1S/C14H14F3N3O2/c15-6-11(17)8-22-13-3-9(1-2-18-13)7-19-14(21)20-12-4-10(16)5-12/h1-3,11H,4,6-8H2,(H2,19,20,21). The highest BCUT2D eigenvalue weighted by molar-refractivity contribution is 5.76. The van der Waals surface area contributed by atoms with E-state index in [4.69, 9.17) is 4.74 Å². The maximum Gasteiger partial charge on any atom is 0.319 e. The molecule has 8 heteroatoms. The van der Waals surface area contributed by atoms with Gasteiger partial charge in [-0.2, -0.15) is 0 Å². The van der Waals surface area contributed by atoms with Crippen molar-refractivity contribution in [1.82, 2.24) is 15.6 Å². The molecule has 22 heavy (non-hydrogen) atoms. The van der Waals surface area contributed by atoms with Crippen LogP contribution in [0.4, 0.5) is 18.0 Å². The molecule has 0 aliphatic heterocycles. The quantitative estimate of drug-likeness (QED) is 0.759. The van der Waals surface area contributed by atoms with Crippen molar-refractivity contribution in [1.29, 1.82) is 0 Å². The van der Waals surface area contributed by atoms with Gasteiger partial charge in [0, 0.05) is 18.8 Å². The molecule has 0 aromatic carbocycles. The van der Waals surface area contributed by atoms with Crippen molar-refractivity contribution in [2.75, 3.05) is 13.3 Å². The summed E-state index contributed by atoms with van der Waals surface area (Å²) in [5.74, 6) is -0.256. The summed E-state index contributed by atoms with van der Waals surface area (Å²) < 4.78 is 42.1. The Bertz CT molecular complexity index is 615. The lowest BCUT2D eigenvalue weighted by Gasteiger charge is -2.12. The molecule has 2 N–H and O–H groups in total. The van der Waals surface area contributed by atoms with E-state index in [-0.39, 0.29) is 18.8 Å². The summed E-state index contributed by atoms with van der Waals surface area (Å²) in [6.45, 7) is -1.37. The van der Waals surface area contributed by atoms with Crippen LogP contribution >= 0.6 is 0 Å². The molecular weight excluding hydrogens is 299 g/mol. The maximum absolute atomic E-state index is 12.7. The van der Waals surface area contributed by atoms with Gasteiger partial charge in [0.25, 0.3) is 0 Å². The number of aromatic nitrogens is 1. The first-order valence-electron chi connectivity index (χ1n) is 6.53. The van der Waals surface area contributed by atoms with E-state index in [1.54, 1.807) is 6.07 Å². The van der Waals surface area contributed by atoms with Crippen molar-refractivity contribution < 1.29 is 22.7 Å². The molecule has 1 atom stereocenters. The fourth-order valence-corrected chi connectivity index (χ4v) is 1.60. The number of carbonyl (C=O) groups excluding carboxylic acids is 1. The van der Waals surface area contributed by atoms with E-state index in [0.717, 1.165) is 0 Å². The summed E-state index contributed by atoms with van der Waals surface area (Å²) in [5.41, 5.74) is 3.36. The predicted molar refractivity (Wildman–Crippen MR) is 72.2 cm³/mol. The first-order chi connectivity index (χ1) is 10.6. The molecule has 1 aliphatic rings. The summed E-state index contributed by atoms with van der Waals surface area (Å²) in [6, 6.07) is 2.65. The Kier molecular flexibility index (Phi) is 5.43. The Morgan fingerprint density at radius 2 is 2.32 bits per heavy atom. The molecule has 1 aromatic heterocycles. The van der Waals surface area contributed by atoms with E-state index < -0.39 is 31.3 Å². The highest BCUT2D eigenvalue weighted by Gasteiger charge is 2.13. The van der Waals surface area contributed by atoms with E-state index in [9.17, 15) is 18.0 Å². The van der Waals surface area contributed by atoms with Crippen molar-refractivity contribution in [2.45, 2.75) is 19.1 Å². The van der Waals surface area contributed by atoms with Crippen LogP contribution in [0.25, 0.3) is 0 Å². The molecule has 1 heterocycles. The monoisotopic (exact) mass is 313 g/mol. The molecule has 2 rings (SSSR count). The number of nitrogens with zero attached hydrogens (tertiary/aromatic N) is 1. The van der Waals surface area contributed by atoms with Gasteiger partial charge in [0.1, 0.15) is 13.3 Å². The zero-order chi connectivity index (χ0) is 15.9. The number of nitrogens with one attached hydrogen (secondary N) is 2. The van der Waals surface area contributed by atoms with Gasteiger partial charge < -0.3 is 15.4 Å². The van der Waals surface area contributed by atoms with Crippen LogP contribution in [0.1, 0.15) is 12.0 Å². The molecule has 0 radical (unpaired) electrons. The zero-order valence-electron chi connectivity index (χ0n) is 11.5. The van der Waals surface area contributed by atoms with Gasteiger partial charge in [0.15, 0.2) is 12.0 Å². The molecule has 2 amide bonds. The van der Waals surface area contributed by atoms with E-state index in [1.807, 2.05) is 0 Å². The Labute approximate surface area is 124 Å². The van der Waals surface area contributed by atoms with Crippen molar-refractivity contribution >= 4 is 6.03 Å². The Morgan fingerprint density at radius 1 is 1.55 bits per heavy atom. The number of halogens is 3. The number of amides is 2. The second-order valence-electron chi connectivity index (χ2n) is 4.56. The topological polar surface area (TPSA) is 63.2 Å². The second kappa shape index (κ2) is 7.51. The third-order valence-corrected chi connectivity index (χ3v) is 2.71. The SMILES string of the molecule is O=C(NCc1ccnc(OCC(F)CF)c1)NC1=C=C(F)C1. The lowest BCUT2D eigenvalue weighted by atomic mass is 10.2. The fraction of sp³-hybridized carbons (Fsp3) is 0.357. The minimum absolute atomic E-state index is 0.0691. The van der Waals surface area contributed by atoms with Crippen molar-refractivity contribution in [3.8, 4) is 5.88 Å². The summed E-state index contributed by atoms with van der Waals surface area (Å²) in [5, 5.41) is 4.99. The van der Waals surface area contributed by atoms with Crippen molar-refractivity contribution in [3.05, 3.63) is 41.1 Å². The summed E-state index contributed by atoms with van der Waals surface area (Å²) in [4.78, 5) is 15.4. The molecule has 0 saturated carbocycles. The largest absolute Gasteiger partial charge is 0.474 e. The van der Waals surface area contributed by atoms with E-state index >= 15 is 0 Å². The minimum Gasteiger partial charge on any atom is -0.474 e. The number of hydrogen-bond donors (Lipinski definition) is 2. The first-order valence-corrected chi connectivity index (χ1v) is 6.53. The third kappa shape index (κ3) is 4.82. The highest BCUT2D eigenvalue weighted by Crippen LogP contribution is 2.17. The van der Waals surface area contributed by atoms with Gasteiger partial charge in [0.2, 0.25) is 5.88 Å². The average molecular weight is 313 g/mol. The van der Waals surface area contributed by atoms with Crippen LogP contribution in [0.3, 0.4) is 0 Å². The van der Waals surface area contributed by atoms with Crippen molar-refractivity contribution in [2.24, 2.45) is 0 Å². The number of ether oxygens (including phenoxy) is 1. The maximum atomic E-state index is 12.7.